The molecule has 2 amide bonds. The largest absolute Gasteiger partial charge is 0.451 e. The van der Waals surface area contributed by atoms with Gasteiger partial charge >= 0.3 is 0 Å². The number of carbonyl (C=O) groups excluding carboxylic acids is 2. The Morgan fingerprint density at radius 3 is 2.61 bits per heavy atom. The number of rotatable bonds is 7. The highest BCUT2D eigenvalue weighted by Crippen LogP contribution is 2.31. The van der Waals surface area contributed by atoms with Crippen molar-refractivity contribution in [1.82, 2.24) is 15.1 Å². The summed E-state index contributed by atoms with van der Waals surface area (Å²) in [5.74, 6) is 1.59. The van der Waals surface area contributed by atoms with Crippen molar-refractivity contribution in [2.75, 3.05) is 45.9 Å². The molecule has 7 nitrogen and oxygen atoms in total. The van der Waals surface area contributed by atoms with E-state index in [4.69, 9.17) is 9.15 Å². The highest BCUT2D eigenvalue weighted by atomic mass is 16.5. The first-order valence-corrected chi connectivity index (χ1v) is 11.5. The normalized spacial score (nSPS) is 23.4. The third-order valence-electron chi connectivity index (χ3n) is 6.76. The predicted octanol–water partition coefficient (Wildman–Crippen LogP) is 2.51. The van der Waals surface area contributed by atoms with E-state index in [1.54, 1.807) is 6.07 Å². The van der Waals surface area contributed by atoms with Crippen LogP contribution in [0.25, 0.3) is 11.0 Å². The molecule has 2 saturated heterocycles. The van der Waals surface area contributed by atoms with E-state index < -0.39 is 0 Å². The van der Waals surface area contributed by atoms with Gasteiger partial charge in [0.05, 0.1) is 6.10 Å². The van der Waals surface area contributed by atoms with E-state index in [0.29, 0.717) is 30.4 Å². The first kappa shape index (κ1) is 20.5. The van der Waals surface area contributed by atoms with Crippen molar-refractivity contribution < 1.29 is 18.7 Å². The summed E-state index contributed by atoms with van der Waals surface area (Å²) in [4.78, 5) is 29.4. The second-order valence-electron chi connectivity index (χ2n) is 9.28. The summed E-state index contributed by atoms with van der Waals surface area (Å²) in [7, 11) is 0. The zero-order valence-corrected chi connectivity index (χ0v) is 17.9. The van der Waals surface area contributed by atoms with Gasteiger partial charge in [-0.2, -0.15) is 0 Å². The van der Waals surface area contributed by atoms with Crippen LogP contribution in [0.3, 0.4) is 0 Å². The monoisotopic (exact) mass is 425 g/mol. The standard InChI is InChI=1S/C24H31N3O4/c28-23-16-30-20(12-25-24(29)22-11-19-3-1-2-4-21(19)31-22)15-27(23)14-18-7-9-26(10-8-18)13-17-5-6-17/h1-4,11,17-18,20H,5-10,12-16H2,(H,25,29)/t20-/m0/s1. The van der Waals surface area contributed by atoms with E-state index in [2.05, 4.69) is 10.2 Å². The van der Waals surface area contributed by atoms with Gasteiger partial charge in [-0.15, -0.1) is 0 Å². The van der Waals surface area contributed by atoms with Gasteiger partial charge in [0, 0.05) is 31.6 Å². The number of hydrogen-bond donors (Lipinski definition) is 1. The number of morpholine rings is 1. The molecule has 0 spiro atoms. The first-order valence-electron chi connectivity index (χ1n) is 11.5. The Morgan fingerprint density at radius 2 is 1.84 bits per heavy atom. The number of amides is 2. The Bertz CT molecular complexity index is 897. The molecule has 2 aliphatic heterocycles. The van der Waals surface area contributed by atoms with Crippen molar-refractivity contribution in [3.63, 3.8) is 0 Å². The third kappa shape index (κ3) is 5.10. The molecule has 0 bridgehead atoms. The lowest BCUT2D eigenvalue weighted by molar-refractivity contribution is -0.149. The smallest absolute Gasteiger partial charge is 0.287 e. The van der Waals surface area contributed by atoms with Crippen molar-refractivity contribution >= 4 is 22.8 Å². The fourth-order valence-electron chi connectivity index (χ4n) is 4.70. The highest BCUT2D eigenvalue weighted by molar-refractivity contribution is 5.96. The zero-order chi connectivity index (χ0) is 21.2. The molecule has 166 valence electrons. The summed E-state index contributed by atoms with van der Waals surface area (Å²) in [5, 5.41) is 3.80. The lowest BCUT2D eigenvalue weighted by Gasteiger charge is -2.38. The van der Waals surface area contributed by atoms with Gasteiger partial charge in [0.15, 0.2) is 5.76 Å². The predicted molar refractivity (Wildman–Crippen MR) is 117 cm³/mol. The summed E-state index contributed by atoms with van der Waals surface area (Å²) in [5.41, 5.74) is 0.696. The van der Waals surface area contributed by atoms with Gasteiger partial charge in [-0.3, -0.25) is 9.59 Å². The summed E-state index contributed by atoms with van der Waals surface area (Å²) in [6.07, 6.45) is 4.92. The van der Waals surface area contributed by atoms with Gasteiger partial charge in [0.1, 0.15) is 12.2 Å². The minimum absolute atomic E-state index is 0.0558. The van der Waals surface area contributed by atoms with Crippen molar-refractivity contribution in [1.29, 1.82) is 0 Å². The van der Waals surface area contributed by atoms with Crippen LogP contribution in [-0.2, 0) is 9.53 Å². The topological polar surface area (TPSA) is 75.0 Å². The van der Waals surface area contributed by atoms with E-state index in [0.717, 1.165) is 43.8 Å². The Balaban J connectivity index is 1.09. The summed E-state index contributed by atoms with van der Waals surface area (Å²) in [6, 6.07) is 9.30. The maximum absolute atomic E-state index is 12.5. The minimum Gasteiger partial charge on any atom is -0.451 e. The Hall–Kier alpha value is -2.38. The van der Waals surface area contributed by atoms with E-state index in [1.807, 2.05) is 29.2 Å². The molecule has 1 aromatic carbocycles. The molecule has 3 fully saturated rings. The number of furan rings is 1. The van der Waals surface area contributed by atoms with Crippen molar-refractivity contribution in [3.8, 4) is 0 Å². The molecule has 7 heteroatoms. The zero-order valence-electron chi connectivity index (χ0n) is 17.9. The quantitative estimate of drug-likeness (QED) is 0.738. The van der Waals surface area contributed by atoms with E-state index >= 15 is 0 Å². The van der Waals surface area contributed by atoms with Crippen LogP contribution < -0.4 is 5.32 Å². The molecule has 5 rings (SSSR count). The molecular weight excluding hydrogens is 394 g/mol. The molecule has 1 aromatic heterocycles. The van der Waals surface area contributed by atoms with Gasteiger partial charge in [0.2, 0.25) is 5.91 Å². The second-order valence-corrected chi connectivity index (χ2v) is 9.28. The molecule has 31 heavy (non-hydrogen) atoms. The molecule has 1 N–H and O–H groups in total. The third-order valence-corrected chi connectivity index (χ3v) is 6.76. The molecule has 0 unspecified atom stereocenters. The number of hydrogen-bond acceptors (Lipinski definition) is 5. The van der Waals surface area contributed by atoms with Crippen molar-refractivity contribution in [3.05, 3.63) is 36.1 Å². The minimum atomic E-state index is -0.258. The average molecular weight is 426 g/mol. The molecule has 0 radical (unpaired) electrons. The highest BCUT2D eigenvalue weighted by Gasteiger charge is 2.31. The summed E-state index contributed by atoms with van der Waals surface area (Å²) >= 11 is 0. The molecule has 1 aliphatic carbocycles. The maximum atomic E-state index is 12.5. The molecule has 1 saturated carbocycles. The number of fused-ring (bicyclic) bond motifs is 1. The molecular formula is C24H31N3O4. The van der Waals surface area contributed by atoms with Gasteiger partial charge < -0.3 is 24.3 Å². The number of likely N-dealkylation sites (tertiary alicyclic amines) is 1. The molecule has 2 aromatic rings. The van der Waals surface area contributed by atoms with Crippen molar-refractivity contribution in [2.24, 2.45) is 11.8 Å². The average Bonchev–Trinajstić information content (AvgIpc) is 3.49. The number of carbonyl (C=O) groups is 2. The van der Waals surface area contributed by atoms with Gasteiger partial charge in [-0.05, 0) is 62.7 Å². The molecule has 1 atom stereocenters. The van der Waals surface area contributed by atoms with E-state index in [-0.39, 0.29) is 24.5 Å². The van der Waals surface area contributed by atoms with Crippen LogP contribution in [0.15, 0.2) is 34.7 Å². The van der Waals surface area contributed by atoms with Crippen molar-refractivity contribution in [2.45, 2.75) is 31.8 Å². The number of benzene rings is 1. The van der Waals surface area contributed by atoms with Crippen LogP contribution >= 0.6 is 0 Å². The second kappa shape index (κ2) is 9.01. The van der Waals surface area contributed by atoms with Crippen LogP contribution in [0.5, 0.6) is 0 Å². The van der Waals surface area contributed by atoms with Crippen LogP contribution in [-0.4, -0.2) is 73.6 Å². The van der Waals surface area contributed by atoms with Crippen LogP contribution in [0, 0.1) is 11.8 Å². The van der Waals surface area contributed by atoms with Gasteiger partial charge in [-0.25, -0.2) is 0 Å². The van der Waals surface area contributed by atoms with Crippen LogP contribution in [0.4, 0.5) is 0 Å². The number of piperidine rings is 1. The summed E-state index contributed by atoms with van der Waals surface area (Å²) in [6.45, 7) is 5.34. The van der Waals surface area contributed by atoms with E-state index in [1.165, 1.54) is 19.4 Å². The Kier molecular flexibility index (Phi) is 5.96. The van der Waals surface area contributed by atoms with Gasteiger partial charge in [0.25, 0.3) is 5.91 Å². The molecule has 3 heterocycles. The Morgan fingerprint density at radius 1 is 1.06 bits per heavy atom. The SMILES string of the molecule is O=C(NC[C@H]1CN(CC2CCN(CC3CC3)CC2)C(=O)CO1)c1cc2ccccc2o1. The first-order chi connectivity index (χ1) is 15.1. The van der Waals surface area contributed by atoms with Crippen LogP contribution in [0.2, 0.25) is 0 Å². The fraction of sp³-hybridized carbons (Fsp3) is 0.583. The van der Waals surface area contributed by atoms with E-state index in [9.17, 15) is 9.59 Å². The molecule has 3 aliphatic rings. The number of nitrogens with zero attached hydrogens (tertiary/aromatic N) is 2. The van der Waals surface area contributed by atoms with Gasteiger partial charge in [-0.1, -0.05) is 18.2 Å². The number of para-hydroxylation sites is 1. The lowest BCUT2D eigenvalue weighted by atomic mass is 9.95. The fourth-order valence-corrected chi connectivity index (χ4v) is 4.70. The maximum Gasteiger partial charge on any atom is 0.287 e. The number of nitrogens with one attached hydrogen (secondary N) is 1. The number of ether oxygens (including phenoxy) is 1. The Labute approximate surface area is 182 Å². The summed E-state index contributed by atoms with van der Waals surface area (Å²) < 4.78 is 11.3. The lowest BCUT2D eigenvalue weighted by Crippen LogP contribution is -2.52. The van der Waals surface area contributed by atoms with Crippen LogP contribution in [0.1, 0.15) is 36.2 Å².